The summed E-state index contributed by atoms with van der Waals surface area (Å²) in [5, 5.41) is 3.58. The first-order valence-electron chi connectivity index (χ1n) is 9.46. The van der Waals surface area contributed by atoms with Crippen molar-refractivity contribution in [2.24, 2.45) is 0 Å². The molecule has 0 atom stereocenters. The molecule has 148 valence electrons. The number of nitrogens with zero attached hydrogens (tertiary/aromatic N) is 1. The van der Waals surface area contributed by atoms with E-state index in [1.54, 1.807) is 0 Å². The number of aryl methyl sites for hydroxylation is 2. The van der Waals surface area contributed by atoms with Gasteiger partial charge in [0.25, 0.3) is 5.91 Å². The fourth-order valence-electron chi connectivity index (χ4n) is 3.41. The highest BCUT2D eigenvalue weighted by molar-refractivity contribution is 6.32. The zero-order chi connectivity index (χ0) is 20.3. The largest absolute Gasteiger partial charge is 0.484 e. The van der Waals surface area contributed by atoms with E-state index in [-0.39, 0.29) is 18.4 Å². The minimum Gasteiger partial charge on any atom is -0.484 e. The number of ether oxygens (including phenoxy) is 1. The summed E-state index contributed by atoms with van der Waals surface area (Å²) in [6.07, 6.45) is 1.35. The molecule has 0 saturated carbocycles. The number of hydrogen-bond acceptors (Lipinski definition) is 3. The Morgan fingerprint density at radius 2 is 1.86 bits per heavy atom. The number of carbonyl (C=O) groups excluding carboxylic acids is 2. The van der Waals surface area contributed by atoms with Crippen LogP contribution < -0.4 is 10.1 Å². The van der Waals surface area contributed by atoms with Crippen molar-refractivity contribution in [2.45, 2.75) is 40.2 Å². The van der Waals surface area contributed by atoms with Crippen molar-refractivity contribution in [1.82, 2.24) is 4.90 Å². The number of halogens is 1. The summed E-state index contributed by atoms with van der Waals surface area (Å²) in [5.41, 5.74) is 4.84. The van der Waals surface area contributed by atoms with Crippen molar-refractivity contribution < 1.29 is 14.3 Å². The highest BCUT2D eigenvalue weighted by Crippen LogP contribution is 2.26. The van der Waals surface area contributed by atoms with Crippen molar-refractivity contribution in [2.75, 3.05) is 18.5 Å². The van der Waals surface area contributed by atoms with Crippen molar-refractivity contribution >= 4 is 29.1 Å². The van der Waals surface area contributed by atoms with Gasteiger partial charge in [-0.3, -0.25) is 9.59 Å². The van der Waals surface area contributed by atoms with Gasteiger partial charge in [0, 0.05) is 30.2 Å². The lowest BCUT2D eigenvalue weighted by Gasteiger charge is -2.29. The van der Waals surface area contributed by atoms with Crippen LogP contribution in [0.3, 0.4) is 0 Å². The fourth-order valence-corrected chi connectivity index (χ4v) is 3.52. The second-order valence-corrected chi connectivity index (χ2v) is 7.49. The van der Waals surface area contributed by atoms with Crippen LogP contribution in [0.15, 0.2) is 30.3 Å². The summed E-state index contributed by atoms with van der Waals surface area (Å²) in [5.74, 6) is 0.540. The number of carbonyl (C=O) groups is 2. The third-order valence-corrected chi connectivity index (χ3v) is 5.53. The van der Waals surface area contributed by atoms with Crippen molar-refractivity contribution in [3.63, 3.8) is 0 Å². The Bertz CT molecular complexity index is 888. The van der Waals surface area contributed by atoms with Gasteiger partial charge in [0.2, 0.25) is 5.91 Å². The number of fused-ring (bicyclic) bond motifs is 1. The Balaban J connectivity index is 1.61. The van der Waals surface area contributed by atoms with Crippen molar-refractivity contribution in [3.8, 4) is 5.75 Å². The molecular weight excluding hydrogens is 376 g/mol. The van der Waals surface area contributed by atoms with Crippen molar-refractivity contribution in [3.05, 3.63) is 57.6 Å². The van der Waals surface area contributed by atoms with Gasteiger partial charge in [0.15, 0.2) is 6.61 Å². The molecule has 0 bridgehead atoms. The highest BCUT2D eigenvalue weighted by Gasteiger charge is 2.20. The van der Waals surface area contributed by atoms with E-state index in [0.717, 1.165) is 29.7 Å². The van der Waals surface area contributed by atoms with Gasteiger partial charge in [-0.1, -0.05) is 24.6 Å². The molecule has 2 aromatic carbocycles. The first-order valence-corrected chi connectivity index (χ1v) is 9.84. The maximum absolute atomic E-state index is 12.3. The molecule has 0 spiro atoms. The molecule has 28 heavy (non-hydrogen) atoms. The zero-order valence-corrected chi connectivity index (χ0v) is 17.2. The monoisotopic (exact) mass is 400 g/mol. The molecule has 1 aliphatic heterocycles. The Hall–Kier alpha value is -2.53. The van der Waals surface area contributed by atoms with E-state index in [1.165, 1.54) is 5.56 Å². The van der Waals surface area contributed by atoms with Crippen LogP contribution in [0.1, 0.15) is 35.6 Å². The molecule has 5 nitrogen and oxygen atoms in total. The smallest absolute Gasteiger partial charge is 0.262 e. The molecular formula is C22H25ClN2O3. The number of hydrogen-bond donors (Lipinski definition) is 1. The standard InChI is InChI=1S/C22H25ClN2O3/c1-4-21(27)25-8-7-16-5-6-18(11-17(16)12-25)24-20(26)13-28-19-9-14(2)22(23)15(3)10-19/h5-6,9-11H,4,7-8,12-13H2,1-3H3,(H,24,26). The third-order valence-electron chi connectivity index (χ3n) is 4.94. The predicted octanol–water partition coefficient (Wildman–Crippen LogP) is 4.27. The number of nitrogens with one attached hydrogen (secondary N) is 1. The summed E-state index contributed by atoms with van der Waals surface area (Å²) in [7, 11) is 0. The highest BCUT2D eigenvalue weighted by atomic mass is 35.5. The van der Waals surface area contributed by atoms with E-state index in [9.17, 15) is 9.59 Å². The Morgan fingerprint density at radius 1 is 1.14 bits per heavy atom. The predicted molar refractivity (Wildman–Crippen MR) is 111 cm³/mol. The number of rotatable bonds is 5. The first-order chi connectivity index (χ1) is 13.4. The van der Waals surface area contributed by atoms with Gasteiger partial charge in [-0.05, 0) is 66.8 Å². The SMILES string of the molecule is CCC(=O)N1CCc2ccc(NC(=O)COc3cc(C)c(Cl)c(C)c3)cc2C1. The van der Waals surface area contributed by atoms with Crippen LogP contribution in [0.2, 0.25) is 5.02 Å². The van der Waals surface area contributed by atoms with Crippen LogP contribution in [0, 0.1) is 13.8 Å². The average molecular weight is 401 g/mol. The minimum atomic E-state index is -0.234. The molecule has 0 radical (unpaired) electrons. The average Bonchev–Trinajstić information content (AvgIpc) is 2.69. The molecule has 0 fully saturated rings. The van der Waals surface area contributed by atoms with Gasteiger partial charge in [-0.2, -0.15) is 0 Å². The van der Waals surface area contributed by atoms with E-state index >= 15 is 0 Å². The van der Waals surface area contributed by atoms with Gasteiger partial charge >= 0.3 is 0 Å². The summed E-state index contributed by atoms with van der Waals surface area (Å²) in [4.78, 5) is 26.1. The number of benzene rings is 2. The molecule has 0 aromatic heterocycles. The lowest BCUT2D eigenvalue weighted by molar-refractivity contribution is -0.131. The Kier molecular flexibility index (Phi) is 6.25. The van der Waals surface area contributed by atoms with Gasteiger partial charge in [-0.25, -0.2) is 0 Å². The molecule has 1 heterocycles. The van der Waals surface area contributed by atoms with Gasteiger partial charge in [0.05, 0.1) is 0 Å². The summed E-state index contributed by atoms with van der Waals surface area (Å²) < 4.78 is 5.61. The second-order valence-electron chi connectivity index (χ2n) is 7.11. The van der Waals surface area contributed by atoms with E-state index in [4.69, 9.17) is 16.3 Å². The van der Waals surface area contributed by atoms with E-state index in [0.29, 0.717) is 29.4 Å². The van der Waals surface area contributed by atoms with E-state index in [2.05, 4.69) is 5.32 Å². The van der Waals surface area contributed by atoms with Crippen LogP contribution in [0.25, 0.3) is 0 Å². The number of amides is 2. The summed E-state index contributed by atoms with van der Waals surface area (Å²) in [6.45, 7) is 6.94. The lowest BCUT2D eigenvalue weighted by atomic mass is 9.99. The molecule has 0 unspecified atom stereocenters. The van der Waals surface area contributed by atoms with Gasteiger partial charge in [-0.15, -0.1) is 0 Å². The topological polar surface area (TPSA) is 58.6 Å². The lowest BCUT2D eigenvalue weighted by Crippen LogP contribution is -2.35. The maximum Gasteiger partial charge on any atom is 0.262 e. The van der Waals surface area contributed by atoms with Crippen LogP contribution in [0.4, 0.5) is 5.69 Å². The molecule has 1 aliphatic rings. The molecule has 1 N–H and O–H groups in total. The second kappa shape index (κ2) is 8.65. The normalized spacial score (nSPS) is 13.1. The van der Waals surface area contributed by atoms with Crippen molar-refractivity contribution in [1.29, 1.82) is 0 Å². The maximum atomic E-state index is 12.3. The van der Waals surface area contributed by atoms with E-state index in [1.807, 2.05) is 56.0 Å². The Morgan fingerprint density at radius 3 is 2.54 bits per heavy atom. The Labute approximate surface area is 170 Å². The summed E-state index contributed by atoms with van der Waals surface area (Å²) in [6, 6.07) is 9.50. The molecule has 6 heteroatoms. The van der Waals surface area contributed by atoms with E-state index < -0.39 is 0 Å². The van der Waals surface area contributed by atoms with Crippen LogP contribution in [-0.2, 0) is 22.6 Å². The van der Waals surface area contributed by atoms with Crippen LogP contribution in [0.5, 0.6) is 5.75 Å². The van der Waals surface area contributed by atoms with Crippen LogP contribution in [-0.4, -0.2) is 29.9 Å². The third kappa shape index (κ3) is 4.65. The molecule has 0 saturated heterocycles. The molecule has 2 amide bonds. The molecule has 3 rings (SSSR count). The van der Waals surface area contributed by atoms with Gasteiger partial charge < -0.3 is 15.0 Å². The fraction of sp³-hybridized carbons (Fsp3) is 0.364. The molecule has 0 aliphatic carbocycles. The molecule has 2 aromatic rings. The van der Waals surface area contributed by atoms with Gasteiger partial charge in [0.1, 0.15) is 5.75 Å². The van der Waals surface area contributed by atoms with Crippen LogP contribution >= 0.6 is 11.6 Å². The minimum absolute atomic E-state index is 0.0853. The quantitative estimate of drug-likeness (QED) is 0.815. The number of anilines is 1. The summed E-state index contributed by atoms with van der Waals surface area (Å²) >= 11 is 6.16. The first kappa shape index (κ1) is 20.2. The zero-order valence-electron chi connectivity index (χ0n) is 16.5.